The Bertz CT molecular complexity index is 293. The number of nitrogen functional groups attached to an aromatic ring is 1. The minimum absolute atomic E-state index is 0.760. The lowest BCUT2D eigenvalue weighted by atomic mass is 9.92. The summed E-state index contributed by atoms with van der Waals surface area (Å²) in [5, 5.41) is 7.76. The smallest absolute Gasteiger partial charge is 0.121 e. The van der Waals surface area contributed by atoms with Gasteiger partial charge in [0.15, 0.2) is 0 Å². The molecule has 1 fully saturated rings. The van der Waals surface area contributed by atoms with Gasteiger partial charge in [-0.25, -0.2) is 0 Å². The first-order valence-electron chi connectivity index (χ1n) is 5.75. The van der Waals surface area contributed by atoms with Crippen molar-refractivity contribution in [3.8, 4) is 0 Å². The maximum atomic E-state index is 5.74. The van der Waals surface area contributed by atoms with Crippen LogP contribution in [0.3, 0.4) is 0 Å². The molecule has 0 atom stereocenters. The van der Waals surface area contributed by atoms with E-state index in [1.165, 1.54) is 32.4 Å². The normalized spacial score (nSPS) is 18.2. The Balaban J connectivity index is 1.81. The third kappa shape index (κ3) is 2.72. The van der Waals surface area contributed by atoms with Crippen LogP contribution in [0.25, 0.3) is 0 Å². The summed E-state index contributed by atoms with van der Waals surface area (Å²) in [7, 11) is 1.89. The number of hydrogen-bond donors (Lipinski definition) is 2. The lowest BCUT2D eigenvalue weighted by Gasteiger charge is -2.21. The summed E-state index contributed by atoms with van der Waals surface area (Å²) in [5.74, 6) is 1.63. The second kappa shape index (κ2) is 4.66. The molecule has 15 heavy (non-hydrogen) atoms. The van der Waals surface area contributed by atoms with Gasteiger partial charge in [0.1, 0.15) is 5.82 Å². The number of nitrogens with zero attached hydrogens (tertiary/aromatic N) is 2. The van der Waals surface area contributed by atoms with Gasteiger partial charge in [0.25, 0.3) is 0 Å². The average Bonchev–Trinajstić information content (AvgIpc) is 2.57. The standard InChI is InChI=1S/C11H20N4/c1-15-11(12)8-10(14-15)3-2-9-4-6-13-7-5-9/h8-9,13H,2-7,12H2,1H3. The minimum atomic E-state index is 0.760. The molecule has 1 aliphatic heterocycles. The molecule has 0 spiro atoms. The molecule has 0 aliphatic carbocycles. The molecule has 0 radical (unpaired) electrons. The Morgan fingerprint density at radius 3 is 2.87 bits per heavy atom. The molecular formula is C11H20N4. The van der Waals surface area contributed by atoms with E-state index >= 15 is 0 Å². The van der Waals surface area contributed by atoms with Crippen molar-refractivity contribution in [3.63, 3.8) is 0 Å². The third-order valence-corrected chi connectivity index (χ3v) is 3.23. The molecule has 0 aromatic carbocycles. The number of aryl methyl sites for hydroxylation is 2. The average molecular weight is 208 g/mol. The summed E-state index contributed by atoms with van der Waals surface area (Å²) in [4.78, 5) is 0. The zero-order valence-electron chi connectivity index (χ0n) is 9.37. The number of nitrogens with one attached hydrogen (secondary N) is 1. The summed E-state index contributed by atoms with van der Waals surface area (Å²) < 4.78 is 1.75. The summed E-state index contributed by atoms with van der Waals surface area (Å²) in [5.41, 5.74) is 6.87. The van der Waals surface area contributed by atoms with Crippen LogP contribution in [0.15, 0.2) is 6.07 Å². The Hall–Kier alpha value is -1.03. The summed E-state index contributed by atoms with van der Waals surface area (Å²) in [6, 6.07) is 1.99. The monoisotopic (exact) mass is 208 g/mol. The molecule has 4 nitrogen and oxygen atoms in total. The maximum Gasteiger partial charge on any atom is 0.121 e. The van der Waals surface area contributed by atoms with E-state index in [0.717, 1.165) is 23.9 Å². The molecule has 1 saturated heterocycles. The molecule has 4 heteroatoms. The van der Waals surface area contributed by atoms with E-state index in [-0.39, 0.29) is 0 Å². The Morgan fingerprint density at radius 1 is 1.53 bits per heavy atom. The van der Waals surface area contributed by atoms with Crippen molar-refractivity contribution in [1.29, 1.82) is 0 Å². The highest BCUT2D eigenvalue weighted by atomic mass is 15.3. The van der Waals surface area contributed by atoms with Crippen molar-refractivity contribution in [1.82, 2.24) is 15.1 Å². The van der Waals surface area contributed by atoms with E-state index in [0.29, 0.717) is 0 Å². The van der Waals surface area contributed by atoms with E-state index in [4.69, 9.17) is 5.73 Å². The summed E-state index contributed by atoms with van der Waals surface area (Å²) in [6.07, 6.45) is 4.93. The van der Waals surface area contributed by atoms with Crippen molar-refractivity contribution in [3.05, 3.63) is 11.8 Å². The summed E-state index contributed by atoms with van der Waals surface area (Å²) >= 11 is 0. The molecule has 84 valence electrons. The van der Waals surface area contributed by atoms with Gasteiger partial charge in [0, 0.05) is 13.1 Å². The molecule has 0 bridgehead atoms. The molecule has 0 amide bonds. The van der Waals surface area contributed by atoms with E-state index in [9.17, 15) is 0 Å². The van der Waals surface area contributed by atoms with Crippen molar-refractivity contribution >= 4 is 5.82 Å². The molecule has 1 aromatic rings. The first-order chi connectivity index (χ1) is 7.25. The van der Waals surface area contributed by atoms with E-state index in [1.807, 2.05) is 13.1 Å². The number of hydrogen-bond acceptors (Lipinski definition) is 3. The van der Waals surface area contributed by atoms with Gasteiger partial charge in [-0.1, -0.05) is 0 Å². The van der Waals surface area contributed by atoms with Crippen molar-refractivity contribution in [2.75, 3.05) is 18.8 Å². The van der Waals surface area contributed by atoms with Gasteiger partial charge in [-0.05, 0) is 44.7 Å². The first-order valence-corrected chi connectivity index (χ1v) is 5.75. The predicted octanol–water partition coefficient (Wildman–Crippen LogP) is 0.934. The number of aromatic nitrogens is 2. The number of anilines is 1. The number of nitrogens with two attached hydrogens (primary N) is 1. The number of piperidine rings is 1. The van der Waals surface area contributed by atoms with Gasteiger partial charge < -0.3 is 11.1 Å². The van der Waals surface area contributed by atoms with Crippen LogP contribution in [0.4, 0.5) is 5.82 Å². The molecule has 1 aromatic heterocycles. The fraction of sp³-hybridized carbons (Fsp3) is 0.727. The highest BCUT2D eigenvalue weighted by Crippen LogP contribution is 2.18. The topological polar surface area (TPSA) is 55.9 Å². The van der Waals surface area contributed by atoms with Crippen LogP contribution in [0.2, 0.25) is 0 Å². The minimum Gasteiger partial charge on any atom is -0.384 e. The molecule has 0 saturated carbocycles. The fourth-order valence-corrected chi connectivity index (χ4v) is 2.19. The maximum absolute atomic E-state index is 5.74. The Kier molecular flexibility index (Phi) is 3.26. The summed E-state index contributed by atoms with van der Waals surface area (Å²) in [6.45, 7) is 2.35. The zero-order chi connectivity index (χ0) is 10.7. The molecule has 2 heterocycles. The van der Waals surface area contributed by atoms with Crippen LogP contribution < -0.4 is 11.1 Å². The SMILES string of the molecule is Cn1nc(CCC2CCNCC2)cc1N. The van der Waals surface area contributed by atoms with E-state index in [1.54, 1.807) is 4.68 Å². The molecule has 2 rings (SSSR count). The first kappa shape index (κ1) is 10.5. The van der Waals surface area contributed by atoms with Gasteiger partial charge in [0.05, 0.1) is 5.69 Å². The van der Waals surface area contributed by atoms with Gasteiger partial charge in [-0.2, -0.15) is 5.10 Å². The van der Waals surface area contributed by atoms with Crippen molar-refractivity contribution in [2.24, 2.45) is 13.0 Å². The zero-order valence-corrected chi connectivity index (χ0v) is 9.37. The lowest BCUT2D eigenvalue weighted by molar-refractivity contribution is 0.353. The second-order valence-corrected chi connectivity index (χ2v) is 4.42. The molecule has 1 aliphatic rings. The van der Waals surface area contributed by atoms with E-state index in [2.05, 4.69) is 10.4 Å². The highest BCUT2D eigenvalue weighted by molar-refractivity contribution is 5.30. The van der Waals surface area contributed by atoms with Crippen LogP contribution in [-0.2, 0) is 13.5 Å². The Morgan fingerprint density at radius 2 is 2.27 bits per heavy atom. The molecule has 0 unspecified atom stereocenters. The number of rotatable bonds is 3. The van der Waals surface area contributed by atoms with Crippen molar-refractivity contribution in [2.45, 2.75) is 25.7 Å². The largest absolute Gasteiger partial charge is 0.384 e. The third-order valence-electron chi connectivity index (χ3n) is 3.23. The van der Waals surface area contributed by atoms with Gasteiger partial charge in [-0.3, -0.25) is 4.68 Å². The van der Waals surface area contributed by atoms with Gasteiger partial charge >= 0.3 is 0 Å². The molecule has 3 N–H and O–H groups in total. The van der Waals surface area contributed by atoms with Crippen LogP contribution >= 0.6 is 0 Å². The second-order valence-electron chi connectivity index (χ2n) is 4.42. The van der Waals surface area contributed by atoms with Crippen molar-refractivity contribution < 1.29 is 0 Å². The lowest BCUT2D eigenvalue weighted by Crippen LogP contribution is -2.27. The van der Waals surface area contributed by atoms with Crippen LogP contribution in [0.1, 0.15) is 25.0 Å². The van der Waals surface area contributed by atoms with Crippen LogP contribution in [0.5, 0.6) is 0 Å². The fourth-order valence-electron chi connectivity index (χ4n) is 2.19. The molecular weight excluding hydrogens is 188 g/mol. The Labute approximate surface area is 90.8 Å². The highest BCUT2D eigenvalue weighted by Gasteiger charge is 2.13. The van der Waals surface area contributed by atoms with Crippen LogP contribution in [0, 0.1) is 5.92 Å². The van der Waals surface area contributed by atoms with Crippen LogP contribution in [-0.4, -0.2) is 22.9 Å². The van der Waals surface area contributed by atoms with Gasteiger partial charge in [0.2, 0.25) is 0 Å². The van der Waals surface area contributed by atoms with Gasteiger partial charge in [-0.15, -0.1) is 0 Å². The van der Waals surface area contributed by atoms with E-state index < -0.39 is 0 Å². The predicted molar refractivity (Wildman–Crippen MR) is 61.5 cm³/mol. The quantitative estimate of drug-likeness (QED) is 0.777.